The molecule has 27 heavy (non-hydrogen) atoms. The molecule has 2 aliphatic rings. The van der Waals surface area contributed by atoms with Crippen LogP contribution in [0.15, 0.2) is 46.4 Å². The summed E-state index contributed by atoms with van der Waals surface area (Å²) in [5, 5.41) is 12.1. The Hall–Kier alpha value is -2.51. The Morgan fingerprint density at radius 3 is 2.96 bits per heavy atom. The van der Waals surface area contributed by atoms with Gasteiger partial charge in [0, 0.05) is 39.5 Å². The van der Waals surface area contributed by atoms with E-state index < -0.39 is 0 Å². The van der Waals surface area contributed by atoms with Crippen molar-refractivity contribution in [2.24, 2.45) is 4.99 Å². The van der Waals surface area contributed by atoms with E-state index in [9.17, 15) is 0 Å². The summed E-state index contributed by atoms with van der Waals surface area (Å²) in [4.78, 5) is 10.2. The number of rotatable bonds is 5. The van der Waals surface area contributed by atoms with Gasteiger partial charge in [0.05, 0.1) is 12.1 Å². The summed E-state index contributed by atoms with van der Waals surface area (Å²) >= 11 is 7.82. The molecule has 6 nitrogen and oxygen atoms in total. The lowest BCUT2D eigenvalue weighted by atomic mass is 10.3. The first-order valence-corrected chi connectivity index (χ1v) is 10.1. The first-order valence-electron chi connectivity index (χ1n) is 8.77. The molecule has 2 N–H and O–H groups in total. The molecule has 3 heterocycles. The molecule has 0 radical (unpaired) electrons. The monoisotopic (exact) mass is 396 g/mol. The number of aromatic nitrogens is 3. The van der Waals surface area contributed by atoms with Crippen LogP contribution >= 0.6 is 23.4 Å². The molecule has 1 saturated carbocycles. The minimum absolute atomic E-state index is 0.512. The van der Waals surface area contributed by atoms with Crippen LogP contribution in [-0.4, -0.2) is 32.7 Å². The van der Waals surface area contributed by atoms with Crippen molar-refractivity contribution < 1.29 is 0 Å². The number of benzene rings is 1. The summed E-state index contributed by atoms with van der Waals surface area (Å²) in [7, 11) is 0. The molecular formula is C19H17ClN6S. The Morgan fingerprint density at radius 2 is 2.19 bits per heavy atom. The molecule has 0 spiro atoms. The van der Waals surface area contributed by atoms with Gasteiger partial charge in [-0.1, -0.05) is 17.7 Å². The average Bonchev–Trinajstić information content (AvgIpc) is 3.14. The van der Waals surface area contributed by atoms with Crippen molar-refractivity contribution in [2.45, 2.75) is 18.9 Å². The topological polar surface area (TPSA) is 66.6 Å². The zero-order chi connectivity index (χ0) is 18.2. The molecule has 1 aromatic carbocycles. The molecule has 0 saturated heterocycles. The van der Waals surface area contributed by atoms with Crippen LogP contribution in [0.1, 0.15) is 18.4 Å². The normalized spacial score (nSPS) is 17.7. The van der Waals surface area contributed by atoms with E-state index in [1.54, 1.807) is 11.8 Å². The second kappa shape index (κ2) is 6.90. The fourth-order valence-corrected chi connectivity index (χ4v) is 3.76. The number of halogens is 1. The number of nitrogens with one attached hydrogen (secondary N) is 2. The lowest BCUT2D eigenvalue weighted by molar-refractivity contribution is 0.926. The fourth-order valence-electron chi connectivity index (χ4n) is 2.91. The largest absolute Gasteiger partial charge is 0.367 e. The van der Waals surface area contributed by atoms with Crippen molar-refractivity contribution in [3.05, 3.63) is 52.0 Å². The van der Waals surface area contributed by atoms with Gasteiger partial charge in [0.1, 0.15) is 11.6 Å². The standard InChI is InChI=1S/C19H17ClN6S/c20-13-2-1-3-15(7-13)23-17-8-18(24-14-4-5-14)26-19(25-17)12(9-22-26)6-16-10-21-11-27-16/h1-3,6-10,14,24H,4-5,11H2,(H,23,25). The van der Waals surface area contributed by atoms with Gasteiger partial charge in [-0.3, -0.25) is 4.99 Å². The summed E-state index contributed by atoms with van der Waals surface area (Å²) in [6.07, 6.45) is 8.20. The maximum Gasteiger partial charge on any atom is 0.166 e. The van der Waals surface area contributed by atoms with E-state index in [-0.39, 0.29) is 0 Å². The van der Waals surface area contributed by atoms with Crippen molar-refractivity contribution in [2.75, 3.05) is 16.5 Å². The number of aliphatic imine (C=N–C) groups is 1. The predicted octanol–water partition coefficient (Wildman–Crippen LogP) is 4.82. The van der Waals surface area contributed by atoms with Crippen molar-refractivity contribution in [3.8, 4) is 0 Å². The van der Waals surface area contributed by atoms with E-state index in [2.05, 4.69) is 26.8 Å². The van der Waals surface area contributed by atoms with Crippen LogP contribution in [0.5, 0.6) is 0 Å². The summed E-state index contributed by atoms with van der Waals surface area (Å²) < 4.78 is 1.87. The molecular weight excluding hydrogens is 380 g/mol. The Bertz CT molecular complexity index is 1070. The predicted molar refractivity (Wildman–Crippen MR) is 113 cm³/mol. The van der Waals surface area contributed by atoms with Crippen LogP contribution in [0.3, 0.4) is 0 Å². The van der Waals surface area contributed by atoms with Gasteiger partial charge in [0.25, 0.3) is 0 Å². The van der Waals surface area contributed by atoms with Gasteiger partial charge < -0.3 is 10.6 Å². The highest BCUT2D eigenvalue weighted by Gasteiger charge is 2.23. The van der Waals surface area contributed by atoms with Crippen LogP contribution < -0.4 is 10.6 Å². The molecule has 2 aromatic heterocycles. The number of hydrogen-bond donors (Lipinski definition) is 2. The maximum atomic E-state index is 6.11. The van der Waals surface area contributed by atoms with Gasteiger partial charge >= 0.3 is 0 Å². The Kier molecular flexibility index (Phi) is 4.26. The van der Waals surface area contributed by atoms with E-state index in [0.29, 0.717) is 11.1 Å². The second-order valence-electron chi connectivity index (χ2n) is 6.55. The third-order valence-electron chi connectivity index (χ3n) is 4.35. The van der Waals surface area contributed by atoms with Gasteiger partial charge in [-0.25, -0.2) is 4.98 Å². The number of nitrogens with zero attached hydrogens (tertiary/aromatic N) is 4. The van der Waals surface area contributed by atoms with Gasteiger partial charge in [-0.05, 0) is 37.1 Å². The fraction of sp³-hybridized carbons (Fsp3) is 0.211. The molecule has 3 aromatic rings. The Morgan fingerprint density at radius 1 is 1.26 bits per heavy atom. The van der Waals surface area contributed by atoms with Crippen LogP contribution in [0.25, 0.3) is 11.7 Å². The van der Waals surface area contributed by atoms with Crippen LogP contribution in [0.4, 0.5) is 17.3 Å². The van der Waals surface area contributed by atoms with E-state index in [1.807, 2.05) is 47.3 Å². The van der Waals surface area contributed by atoms with Crippen LogP contribution in [0, 0.1) is 0 Å². The number of thioether (sulfide) groups is 1. The summed E-state index contributed by atoms with van der Waals surface area (Å²) in [5.41, 5.74) is 2.67. The van der Waals surface area contributed by atoms with Gasteiger partial charge in [0.2, 0.25) is 0 Å². The molecule has 0 unspecified atom stereocenters. The number of anilines is 3. The smallest absolute Gasteiger partial charge is 0.166 e. The van der Waals surface area contributed by atoms with Crippen molar-refractivity contribution in [3.63, 3.8) is 0 Å². The minimum Gasteiger partial charge on any atom is -0.367 e. The number of fused-ring (bicyclic) bond motifs is 1. The molecule has 1 aliphatic carbocycles. The van der Waals surface area contributed by atoms with E-state index in [0.717, 1.165) is 39.3 Å². The molecule has 1 fully saturated rings. The van der Waals surface area contributed by atoms with E-state index in [1.165, 1.54) is 12.8 Å². The highest BCUT2D eigenvalue weighted by Crippen LogP contribution is 2.30. The molecule has 0 amide bonds. The highest BCUT2D eigenvalue weighted by molar-refractivity contribution is 8.04. The quantitative estimate of drug-likeness (QED) is 0.647. The van der Waals surface area contributed by atoms with Gasteiger partial charge in [-0.15, -0.1) is 11.8 Å². The molecule has 0 atom stereocenters. The van der Waals surface area contributed by atoms with Crippen molar-refractivity contribution in [1.29, 1.82) is 0 Å². The van der Waals surface area contributed by atoms with Crippen molar-refractivity contribution in [1.82, 2.24) is 14.6 Å². The molecule has 8 heteroatoms. The average molecular weight is 397 g/mol. The van der Waals surface area contributed by atoms with Crippen LogP contribution in [-0.2, 0) is 0 Å². The first kappa shape index (κ1) is 16.6. The molecule has 136 valence electrons. The molecule has 0 bridgehead atoms. The number of hydrogen-bond acceptors (Lipinski definition) is 6. The zero-order valence-corrected chi connectivity index (χ0v) is 16.0. The maximum absolute atomic E-state index is 6.11. The second-order valence-corrected chi connectivity index (χ2v) is 8.00. The highest BCUT2D eigenvalue weighted by atomic mass is 35.5. The Balaban J connectivity index is 1.57. The molecule has 1 aliphatic heterocycles. The van der Waals surface area contributed by atoms with Crippen LogP contribution in [0.2, 0.25) is 5.02 Å². The van der Waals surface area contributed by atoms with Gasteiger partial charge in [0.15, 0.2) is 5.65 Å². The summed E-state index contributed by atoms with van der Waals surface area (Å²) in [5.74, 6) is 2.46. The summed E-state index contributed by atoms with van der Waals surface area (Å²) in [6.45, 7) is 0. The zero-order valence-electron chi connectivity index (χ0n) is 14.4. The summed E-state index contributed by atoms with van der Waals surface area (Å²) in [6, 6.07) is 10.1. The SMILES string of the molecule is Clc1cccc(Nc2cc(NC3CC3)n3ncc(C=C4C=NCS4)c3n2)c1. The van der Waals surface area contributed by atoms with E-state index in [4.69, 9.17) is 16.6 Å². The third-order valence-corrected chi connectivity index (χ3v) is 5.42. The molecule has 5 rings (SSSR count). The minimum atomic E-state index is 0.512. The number of allylic oxidation sites excluding steroid dienone is 1. The van der Waals surface area contributed by atoms with Crippen molar-refractivity contribution >= 4 is 58.6 Å². The third kappa shape index (κ3) is 3.65. The van der Waals surface area contributed by atoms with E-state index >= 15 is 0 Å². The lowest BCUT2D eigenvalue weighted by Gasteiger charge is -2.12. The lowest BCUT2D eigenvalue weighted by Crippen LogP contribution is -2.09. The van der Waals surface area contributed by atoms with Gasteiger partial charge in [-0.2, -0.15) is 9.61 Å². The first-order chi connectivity index (χ1) is 13.2. The Labute approximate surface area is 165 Å².